The highest BCUT2D eigenvalue weighted by Gasteiger charge is 2.45. The lowest BCUT2D eigenvalue weighted by atomic mass is 10.1. The van der Waals surface area contributed by atoms with E-state index < -0.39 is 0 Å². The number of nitrogens with one attached hydrogen (secondary N) is 1. The van der Waals surface area contributed by atoms with Gasteiger partial charge in [0.2, 0.25) is 11.8 Å². The third-order valence-electron chi connectivity index (χ3n) is 6.89. The normalized spacial score (nSPS) is 16.2. The molecule has 2 amide bonds. The minimum absolute atomic E-state index is 0.00872. The van der Waals surface area contributed by atoms with Crippen LogP contribution in [0.4, 0.5) is 5.82 Å². The number of benzene rings is 3. The Kier molecular flexibility index (Phi) is 7.89. The highest BCUT2D eigenvalue weighted by Crippen LogP contribution is 2.48. The Labute approximate surface area is 228 Å². The van der Waals surface area contributed by atoms with Crippen LogP contribution in [-0.4, -0.2) is 39.6 Å². The van der Waals surface area contributed by atoms with Crippen molar-refractivity contribution in [3.63, 3.8) is 0 Å². The molecule has 1 aliphatic rings. The van der Waals surface area contributed by atoms with Crippen molar-refractivity contribution in [1.82, 2.24) is 14.7 Å². The monoisotopic (exact) mass is 526 g/mol. The van der Waals surface area contributed by atoms with Gasteiger partial charge in [-0.3, -0.25) is 9.59 Å². The maximum Gasteiger partial charge on any atom is 0.245 e. The first kappa shape index (κ1) is 25.7. The predicted molar refractivity (Wildman–Crippen MR) is 151 cm³/mol. The molecule has 5 rings (SSSR count). The van der Waals surface area contributed by atoms with Gasteiger partial charge in [-0.25, -0.2) is 4.68 Å². The number of nitrogens with zero attached hydrogens (tertiary/aromatic N) is 3. The zero-order chi connectivity index (χ0) is 26.5. The van der Waals surface area contributed by atoms with E-state index in [0.717, 1.165) is 24.8 Å². The highest BCUT2D eigenvalue weighted by atomic mass is 35.5. The minimum atomic E-state index is -0.265. The molecule has 6 nitrogen and oxygen atoms in total. The van der Waals surface area contributed by atoms with Gasteiger partial charge in [0.1, 0.15) is 5.82 Å². The van der Waals surface area contributed by atoms with Gasteiger partial charge in [-0.2, -0.15) is 5.10 Å². The predicted octanol–water partition coefficient (Wildman–Crippen LogP) is 6.56. The van der Waals surface area contributed by atoms with Crippen LogP contribution in [0.25, 0.3) is 16.9 Å². The van der Waals surface area contributed by atoms with Crippen LogP contribution in [0.3, 0.4) is 0 Å². The molecular weight excluding hydrogens is 496 g/mol. The van der Waals surface area contributed by atoms with Crippen LogP contribution in [0.5, 0.6) is 0 Å². The van der Waals surface area contributed by atoms with Gasteiger partial charge in [0.25, 0.3) is 0 Å². The number of carbonyl (C=O) groups is 2. The Morgan fingerprint density at radius 1 is 1.00 bits per heavy atom. The fourth-order valence-electron chi connectivity index (χ4n) is 4.77. The summed E-state index contributed by atoms with van der Waals surface area (Å²) in [7, 11) is 0. The first-order valence-electron chi connectivity index (χ1n) is 13.1. The molecule has 1 aromatic heterocycles. The summed E-state index contributed by atoms with van der Waals surface area (Å²) in [6.07, 6.45) is 2.61. The molecule has 0 radical (unpaired) electrons. The zero-order valence-corrected chi connectivity index (χ0v) is 22.1. The van der Waals surface area contributed by atoms with E-state index in [9.17, 15) is 9.59 Å². The summed E-state index contributed by atoms with van der Waals surface area (Å²) >= 11 is 6.49. The Balaban J connectivity index is 1.35. The molecule has 4 aromatic rings. The molecule has 0 spiro atoms. The Morgan fingerprint density at radius 2 is 1.68 bits per heavy atom. The number of anilines is 1. The summed E-state index contributed by atoms with van der Waals surface area (Å²) in [4.78, 5) is 28.4. The lowest BCUT2D eigenvalue weighted by Gasteiger charge is -2.22. The third kappa shape index (κ3) is 5.81. The van der Waals surface area contributed by atoms with E-state index in [1.807, 2.05) is 72.8 Å². The maximum absolute atomic E-state index is 13.4. The Hall–Kier alpha value is -3.90. The van der Waals surface area contributed by atoms with Gasteiger partial charge in [0.15, 0.2) is 0 Å². The van der Waals surface area contributed by atoms with Gasteiger partial charge < -0.3 is 10.2 Å². The van der Waals surface area contributed by atoms with E-state index in [0.29, 0.717) is 28.8 Å². The van der Waals surface area contributed by atoms with Crippen molar-refractivity contribution in [3.8, 4) is 16.9 Å². The van der Waals surface area contributed by atoms with E-state index in [1.165, 1.54) is 5.56 Å². The van der Waals surface area contributed by atoms with Crippen LogP contribution in [-0.2, 0) is 9.59 Å². The number of halogens is 1. The number of unbranched alkanes of at least 4 members (excludes halogenated alkanes) is 1. The largest absolute Gasteiger partial charge is 0.333 e. The van der Waals surface area contributed by atoms with E-state index in [2.05, 4.69) is 24.4 Å². The Bertz CT molecular complexity index is 1400. The molecule has 1 fully saturated rings. The standard InChI is InChI=1S/C31H31ClN4O2/c1-2-3-18-35(31(38)25-19-24(25)22-12-6-4-7-13-22)21-30(37)33-29-20-27(23-14-8-5-9-15-23)34-36(29)28-17-11-10-16-26(28)32/h4-17,20,24-25H,2-3,18-19,21H2,1H3,(H,33,37). The number of carbonyl (C=O) groups excluding carboxylic acids is 2. The van der Waals surface area contributed by atoms with Crippen molar-refractivity contribution >= 4 is 29.2 Å². The zero-order valence-electron chi connectivity index (χ0n) is 21.4. The number of hydrogen-bond acceptors (Lipinski definition) is 3. The second-order valence-electron chi connectivity index (χ2n) is 9.66. The molecule has 7 heteroatoms. The topological polar surface area (TPSA) is 67.2 Å². The molecule has 0 saturated heterocycles. The van der Waals surface area contributed by atoms with Gasteiger partial charge in [0, 0.05) is 24.1 Å². The van der Waals surface area contributed by atoms with Crippen molar-refractivity contribution < 1.29 is 9.59 Å². The summed E-state index contributed by atoms with van der Waals surface area (Å²) in [5.74, 6) is 0.441. The fourth-order valence-corrected chi connectivity index (χ4v) is 4.99. The van der Waals surface area contributed by atoms with Gasteiger partial charge in [0.05, 0.1) is 22.9 Å². The molecule has 1 N–H and O–H groups in total. The molecule has 194 valence electrons. The van der Waals surface area contributed by atoms with Crippen molar-refractivity contribution in [2.45, 2.75) is 32.1 Å². The van der Waals surface area contributed by atoms with Crippen LogP contribution in [0.15, 0.2) is 91.0 Å². The number of hydrogen-bond donors (Lipinski definition) is 1. The van der Waals surface area contributed by atoms with Crippen molar-refractivity contribution in [3.05, 3.63) is 102 Å². The molecule has 3 aromatic carbocycles. The average molecular weight is 527 g/mol. The SMILES string of the molecule is CCCCN(CC(=O)Nc1cc(-c2ccccc2)nn1-c1ccccc1Cl)C(=O)C1CC1c1ccccc1. The smallest absolute Gasteiger partial charge is 0.245 e. The summed E-state index contributed by atoms with van der Waals surface area (Å²) < 4.78 is 1.65. The summed E-state index contributed by atoms with van der Waals surface area (Å²) in [5, 5.41) is 8.27. The van der Waals surface area contributed by atoms with Crippen molar-refractivity contribution in [2.24, 2.45) is 5.92 Å². The second kappa shape index (κ2) is 11.7. The first-order valence-corrected chi connectivity index (χ1v) is 13.5. The van der Waals surface area contributed by atoms with Crippen LogP contribution in [0.2, 0.25) is 5.02 Å². The number of rotatable bonds is 10. The molecule has 1 saturated carbocycles. The van der Waals surface area contributed by atoms with Crippen LogP contribution in [0.1, 0.15) is 37.7 Å². The molecular formula is C31H31ClN4O2. The average Bonchev–Trinajstić information content (AvgIpc) is 3.65. The Morgan fingerprint density at radius 3 is 2.39 bits per heavy atom. The fraction of sp³-hybridized carbons (Fsp3) is 0.258. The molecule has 1 heterocycles. The van der Waals surface area contributed by atoms with E-state index in [-0.39, 0.29) is 30.2 Å². The van der Waals surface area contributed by atoms with Gasteiger partial charge in [-0.15, -0.1) is 0 Å². The highest BCUT2D eigenvalue weighted by molar-refractivity contribution is 6.32. The van der Waals surface area contributed by atoms with Gasteiger partial charge >= 0.3 is 0 Å². The second-order valence-corrected chi connectivity index (χ2v) is 10.1. The summed E-state index contributed by atoms with van der Waals surface area (Å²) in [6, 6.07) is 29.1. The molecule has 0 bridgehead atoms. The first-order chi connectivity index (χ1) is 18.5. The van der Waals surface area contributed by atoms with Gasteiger partial charge in [-0.05, 0) is 36.5 Å². The van der Waals surface area contributed by atoms with Crippen LogP contribution in [0, 0.1) is 5.92 Å². The van der Waals surface area contributed by atoms with Crippen LogP contribution < -0.4 is 5.32 Å². The number of para-hydroxylation sites is 1. The number of aromatic nitrogens is 2. The van der Waals surface area contributed by atoms with Crippen molar-refractivity contribution in [1.29, 1.82) is 0 Å². The lowest BCUT2D eigenvalue weighted by molar-refractivity contribution is -0.136. The number of amides is 2. The quantitative estimate of drug-likeness (QED) is 0.254. The van der Waals surface area contributed by atoms with E-state index >= 15 is 0 Å². The lowest BCUT2D eigenvalue weighted by Crippen LogP contribution is -2.40. The molecule has 2 unspecified atom stereocenters. The maximum atomic E-state index is 13.4. The van der Waals surface area contributed by atoms with E-state index in [4.69, 9.17) is 16.7 Å². The summed E-state index contributed by atoms with van der Waals surface area (Å²) in [5.41, 5.74) is 3.48. The third-order valence-corrected chi connectivity index (χ3v) is 7.21. The molecule has 2 atom stereocenters. The van der Waals surface area contributed by atoms with Crippen LogP contribution >= 0.6 is 11.6 Å². The molecule has 38 heavy (non-hydrogen) atoms. The van der Waals surface area contributed by atoms with E-state index in [1.54, 1.807) is 15.6 Å². The van der Waals surface area contributed by atoms with Crippen molar-refractivity contribution in [2.75, 3.05) is 18.4 Å². The summed E-state index contributed by atoms with van der Waals surface area (Å²) in [6.45, 7) is 2.63. The molecule has 1 aliphatic carbocycles. The minimum Gasteiger partial charge on any atom is -0.333 e. The molecule has 0 aliphatic heterocycles. The van der Waals surface area contributed by atoms with Gasteiger partial charge in [-0.1, -0.05) is 97.7 Å².